The largest absolute Gasteiger partial charge is 0.308 e. The average molecular weight is 278 g/mol. The summed E-state index contributed by atoms with van der Waals surface area (Å²) in [5.74, 6) is 0.914. The van der Waals surface area contributed by atoms with E-state index in [1.807, 2.05) is 11.3 Å². The molecule has 1 aromatic heterocycles. The summed E-state index contributed by atoms with van der Waals surface area (Å²) < 4.78 is 0. The normalized spacial score (nSPS) is 32.7. The van der Waals surface area contributed by atoms with E-state index in [0.29, 0.717) is 11.6 Å². The van der Waals surface area contributed by atoms with E-state index in [0.717, 1.165) is 19.0 Å². The molecule has 0 radical (unpaired) electrons. The minimum absolute atomic E-state index is 0.358. The molecule has 106 valence electrons. The maximum atomic E-state index is 3.84. The Bertz CT molecular complexity index is 438. The Morgan fingerprint density at radius 2 is 2.26 bits per heavy atom. The molecule has 1 saturated heterocycles. The molecule has 2 aliphatic rings. The summed E-state index contributed by atoms with van der Waals surface area (Å²) in [6, 6.07) is 2.96. The fraction of sp³-hybridized carbons (Fsp3) is 0.750. The molecular formula is C16H26N2S. The smallest absolute Gasteiger partial charge is 0.0334 e. The van der Waals surface area contributed by atoms with Gasteiger partial charge in [0.1, 0.15) is 0 Å². The third-order valence-corrected chi connectivity index (χ3v) is 6.06. The van der Waals surface area contributed by atoms with Crippen LogP contribution in [0.3, 0.4) is 0 Å². The van der Waals surface area contributed by atoms with Crippen LogP contribution in [0, 0.1) is 12.8 Å². The van der Waals surface area contributed by atoms with E-state index in [4.69, 9.17) is 0 Å². The lowest BCUT2D eigenvalue weighted by atomic mass is 9.90. The fourth-order valence-corrected chi connectivity index (χ4v) is 4.35. The van der Waals surface area contributed by atoms with Crippen LogP contribution < -0.4 is 5.32 Å². The zero-order chi connectivity index (χ0) is 13.5. The molecule has 2 nitrogen and oxygen atoms in total. The van der Waals surface area contributed by atoms with Crippen molar-refractivity contribution in [3.8, 4) is 0 Å². The van der Waals surface area contributed by atoms with E-state index < -0.39 is 0 Å². The van der Waals surface area contributed by atoms with Crippen LogP contribution in [-0.2, 0) is 6.54 Å². The molecule has 3 heteroatoms. The van der Waals surface area contributed by atoms with Gasteiger partial charge in [-0.2, -0.15) is 0 Å². The Kier molecular flexibility index (Phi) is 3.71. The fourth-order valence-electron chi connectivity index (χ4n) is 3.42. The van der Waals surface area contributed by atoms with Crippen molar-refractivity contribution in [3.63, 3.8) is 0 Å². The Labute approximate surface area is 121 Å². The molecular weight excluding hydrogens is 252 g/mol. The van der Waals surface area contributed by atoms with Crippen LogP contribution in [0.1, 0.15) is 43.6 Å². The van der Waals surface area contributed by atoms with Gasteiger partial charge in [-0.15, -0.1) is 11.3 Å². The summed E-state index contributed by atoms with van der Waals surface area (Å²) in [5, 5.41) is 6.07. The van der Waals surface area contributed by atoms with Gasteiger partial charge in [0.25, 0.3) is 0 Å². The topological polar surface area (TPSA) is 15.3 Å². The van der Waals surface area contributed by atoms with Crippen LogP contribution in [0.5, 0.6) is 0 Å². The molecule has 0 aromatic carbocycles. The van der Waals surface area contributed by atoms with Crippen molar-refractivity contribution in [3.05, 3.63) is 21.9 Å². The molecule has 1 aromatic rings. The van der Waals surface area contributed by atoms with Gasteiger partial charge in [0.2, 0.25) is 0 Å². The summed E-state index contributed by atoms with van der Waals surface area (Å²) in [4.78, 5) is 4.28. The molecule has 1 aliphatic heterocycles. The lowest BCUT2D eigenvalue weighted by molar-refractivity contribution is 0.0673. The predicted octanol–water partition coefficient (Wildman–Crippen LogP) is 3.41. The number of nitrogens with zero attached hydrogens (tertiary/aromatic N) is 1. The average Bonchev–Trinajstić information content (AvgIpc) is 3.17. The monoisotopic (exact) mass is 278 g/mol. The van der Waals surface area contributed by atoms with Crippen molar-refractivity contribution >= 4 is 11.3 Å². The van der Waals surface area contributed by atoms with E-state index >= 15 is 0 Å². The maximum Gasteiger partial charge on any atom is 0.0334 e. The lowest BCUT2D eigenvalue weighted by Crippen LogP contribution is -2.63. The maximum absolute atomic E-state index is 3.84. The van der Waals surface area contributed by atoms with Gasteiger partial charge < -0.3 is 5.32 Å². The van der Waals surface area contributed by atoms with Crippen LogP contribution in [-0.4, -0.2) is 29.6 Å². The highest BCUT2D eigenvalue weighted by atomic mass is 32.1. The molecule has 1 N–H and O–H groups in total. The minimum Gasteiger partial charge on any atom is -0.308 e. The van der Waals surface area contributed by atoms with Gasteiger partial charge in [0, 0.05) is 36.1 Å². The summed E-state index contributed by atoms with van der Waals surface area (Å²) in [6.07, 6.45) is 4.09. The number of thiophene rings is 1. The van der Waals surface area contributed by atoms with Crippen molar-refractivity contribution in [2.75, 3.05) is 13.1 Å². The molecule has 2 heterocycles. The number of hydrogen-bond acceptors (Lipinski definition) is 3. The third kappa shape index (κ3) is 2.74. The second-order valence-electron chi connectivity index (χ2n) is 6.57. The Hall–Kier alpha value is -0.380. The molecule has 2 unspecified atom stereocenters. The van der Waals surface area contributed by atoms with Crippen LogP contribution in [0.4, 0.5) is 0 Å². The van der Waals surface area contributed by atoms with Gasteiger partial charge in [-0.1, -0.05) is 6.92 Å². The molecule has 19 heavy (non-hydrogen) atoms. The Balaban J connectivity index is 1.73. The Morgan fingerprint density at radius 3 is 2.84 bits per heavy atom. The van der Waals surface area contributed by atoms with Gasteiger partial charge in [0.05, 0.1) is 0 Å². The molecule has 1 saturated carbocycles. The zero-order valence-electron chi connectivity index (χ0n) is 12.4. The minimum atomic E-state index is 0.358. The highest BCUT2D eigenvalue weighted by Gasteiger charge is 2.45. The molecule has 2 fully saturated rings. The molecule has 1 aliphatic carbocycles. The zero-order valence-corrected chi connectivity index (χ0v) is 13.2. The van der Waals surface area contributed by atoms with Gasteiger partial charge in [0.15, 0.2) is 0 Å². The van der Waals surface area contributed by atoms with Crippen LogP contribution >= 0.6 is 11.3 Å². The number of piperazine rings is 1. The quantitative estimate of drug-likeness (QED) is 0.908. The summed E-state index contributed by atoms with van der Waals surface area (Å²) in [6.45, 7) is 10.5. The van der Waals surface area contributed by atoms with Gasteiger partial charge in [-0.25, -0.2) is 0 Å². The molecule has 0 amide bonds. The van der Waals surface area contributed by atoms with Crippen molar-refractivity contribution in [2.45, 2.75) is 58.2 Å². The SMILES string of the molecule is CCC1CNC(C)(C2CC2)CN1Cc1sccc1C. The van der Waals surface area contributed by atoms with Crippen molar-refractivity contribution < 1.29 is 0 Å². The summed E-state index contributed by atoms with van der Waals surface area (Å²) in [5.41, 5.74) is 1.82. The second kappa shape index (κ2) is 5.19. The second-order valence-corrected chi connectivity index (χ2v) is 7.57. The Morgan fingerprint density at radius 1 is 1.47 bits per heavy atom. The van der Waals surface area contributed by atoms with Gasteiger partial charge >= 0.3 is 0 Å². The van der Waals surface area contributed by atoms with Crippen molar-refractivity contribution in [1.82, 2.24) is 10.2 Å². The summed E-state index contributed by atoms with van der Waals surface area (Å²) in [7, 11) is 0. The number of nitrogens with one attached hydrogen (secondary N) is 1. The standard InChI is InChI=1S/C16H26N2S/c1-4-14-9-17-16(3,13-5-6-13)11-18(14)10-15-12(2)7-8-19-15/h7-8,13-14,17H,4-6,9-11H2,1-3H3. The van der Waals surface area contributed by atoms with Crippen molar-refractivity contribution in [1.29, 1.82) is 0 Å². The summed E-state index contributed by atoms with van der Waals surface area (Å²) >= 11 is 1.92. The van der Waals surface area contributed by atoms with Gasteiger partial charge in [-0.05, 0) is 56.0 Å². The van der Waals surface area contributed by atoms with Crippen LogP contribution in [0.15, 0.2) is 11.4 Å². The first-order valence-electron chi connectivity index (χ1n) is 7.64. The predicted molar refractivity (Wildman–Crippen MR) is 82.7 cm³/mol. The number of hydrogen-bond donors (Lipinski definition) is 1. The number of rotatable bonds is 4. The molecule has 0 spiro atoms. The van der Waals surface area contributed by atoms with Crippen LogP contribution in [0.2, 0.25) is 0 Å². The van der Waals surface area contributed by atoms with Crippen LogP contribution in [0.25, 0.3) is 0 Å². The first-order chi connectivity index (χ1) is 9.12. The van der Waals surface area contributed by atoms with E-state index in [1.165, 1.54) is 31.4 Å². The first kappa shape index (κ1) is 13.6. The van der Waals surface area contributed by atoms with E-state index in [1.54, 1.807) is 4.88 Å². The third-order valence-electron chi connectivity index (χ3n) is 5.05. The van der Waals surface area contributed by atoms with E-state index in [2.05, 4.69) is 42.4 Å². The van der Waals surface area contributed by atoms with E-state index in [-0.39, 0.29) is 0 Å². The number of aryl methyl sites for hydroxylation is 1. The van der Waals surface area contributed by atoms with E-state index in [9.17, 15) is 0 Å². The molecule has 0 bridgehead atoms. The lowest BCUT2D eigenvalue weighted by Gasteiger charge is -2.46. The van der Waals surface area contributed by atoms with Crippen molar-refractivity contribution in [2.24, 2.45) is 5.92 Å². The molecule has 2 atom stereocenters. The molecule has 3 rings (SSSR count). The highest BCUT2D eigenvalue weighted by molar-refractivity contribution is 7.10. The van der Waals surface area contributed by atoms with Gasteiger partial charge in [-0.3, -0.25) is 4.90 Å². The highest BCUT2D eigenvalue weighted by Crippen LogP contribution is 2.41. The first-order valence-corrected chi connectivity index (χ1v) is 8.52.